The van der Waals surface area contributed by atoms with Crippen LogP contribution in [0.25, 0.3) is 11.0 Å². The number of hydrogen-bond donors (Lipinski definition) is 2. The first-order valence-corrected chi connectivity index (χ1v) is 8.17. The van der Waals surface area contributed by atoms with E-state index in [-0.39, 0.29) is 28.7 Å². The number of nitrogens with one attached hydrogen (secondary N) is 2. The molecule has 0 radical (unpaired) electrons. The van der Waals surface area contributed by atoms with Gasteiger partial charge in [0.05, 0.1) is 18.6 Å². The first-order valence-electron chi connectivity index (χ1n) is 8.17. The average Bonchev–Trinajstić information content (AvgIpc) is 2.60. The third kappa shape index (κ3) is 3.77. The number of pyridine rings is 1. The van der Waals surface area contributed by atoms with Gasteiger partial charge in [-0.05, 0) is 19.1 Å². The van der Waals surface area contributed by atoms with Crippen LogP contribution in [-0.2, 0) is 11.8 Å². The molecule has 25 heavy (non-hydrogen) atoms. The van der Waals surface area contributed by atoms with Crippen molar-refractivity contribution >= 4 is 16.9 Å². The summed E-state index contributed by atoms with van der Waals surface area (Å²) < 4.78 is 6.52. The van der Waals surface area contributed by atoms with Crippen LogP contribution >= 0.6 is 0 Å². The summed E-state index contributed by atoms with van der Waals surface area (Å²) >= 11 is 0. The van der Waals surface area contributed by atoms with Crippen LogP contribution < -0.4 is 16.6 Å². The smallest absolute Gasteiger partial charge is 0.329 e. The van der Waals surface area contributed by atoms with Gasteiger partial charge < -0.3 is 10.1 Å². The number of H-pyrrole nitrogens is 1. The summed E-state index contributed by atoms with van der Waals surface area (Å²) in [4.78, 5) is 44.5. The van der Waals surface area contributed by atoms with Gasteiger partial charge in [0.2, 0.25) is 0 Å². The van der Waals surface area contributed by atoms with E-state index in [1.807, 2.05) is 6.92 Å². The Kier molecular flexibility index (Phi) is 4.95. The summed E-state index contributed by atoms with van der Waals surface area (Å²) in [5, 5.41) is 3.16. The maximum atomic E-state index is 12.4. The highest BCUT2D eigenvalue weighted by Crippen LogP contribution is 2.06. The molecule has 2 N–H and O–H groups in total. The molecule has 0 unspecified atom stereocenters. The Hall–Kier alpha value is -2.52. The molecule has 1 fully saturated rings. The zero-order valence-electron chi connectivity index (χ0n) is 14.2. The van der Waals surface area contributed by atoms with Crippen molar-refractivity contribution in [1.29, 1.82) is 0 Å². The second-order valence-corrected chi connectivity index (χ2v) is 6.17. The lowest BCUT2D eigenvalue weighted by Crippen LogP contribution is -2.46. The van der Waals surface area contributed by atoms with Gasteiger partial charge in [-0.2, -0.15) is 0 Å². The van der Waals surface area contributed by atoms with E-state index in [2.05, 4.69) is 20.2 Å². The second kappa shape index (κ2) is 7.16. The van der Waals surface area contributed by atoms with Gasteiger partial charge in [0.25, 0.3) is 11.5 Å². The maximum Gasteiger partial charge on any atom is 0.329 e. The maximum absolute atomic E-state index is 12.4. The summed E-state index contributed by atoms with van der Waals surface area (Å²) in [6, 6.07) is 2.92. The monoisotopic (exact) mass is 347 g/mol. The molecular weight excluding hydrogens is 326 g/mol. The van der Waals surface area contributed by atoms with Gasteiger partial charge in [-0.25, -0.2) is 9.78 Å². The van der Waals surface area contributed by atoms with Crippen molar-refractivity contribution in [3.8, 4) is 0 Å². The highest BCUT2D eigenvalue weighted by Gasteiger charge is 2.17. The molecule has 0 aromatic carbocycles. The fraction of sp³-hybridized carbons (Fsp3) is 0.500. The van der Waals surface area contributed by atoms with Gasteiger partial charge in [-0.15, -0.1) is 0 Å². The Labute approximate surface area is 143 Å². The first-order chi connectivity index (χ1) is 12.0. The van der Waals surface area contributed by atoms with Gasteiger partial charge in [-0.3, -0.25) is 24.0 Å². The number of fused-ring (bicyclic) bond motifs is 1. The van der Waals surface area contributed by atoms with Crippen LogP contribution in [0.15, 0.2) is 21.7 Å². The summed E-state index contributed by atoms with van der Waals surface area (Å²) in [6.45, 7) is 5.75. The summed E-state index contributed by atoms with van der Waals surface area (Å²) in [5.41, 5.74) is -0.731. The molecule has 9 nitrogen and oxygen atoms in total. The zero-order valence-corrected chi connectivity index (χ0v) is 14.2. The van der Waals surface area contributed by atoms with E-state index in [0.29, 0.717) is 13.2 Å². The lowest BCUT2D eigenvalue weighted by atomic mass is 10.2. The fourth-order valence-electron chi connectivity index (χ4n) is 2.87. The minimum Gasteiger partial charge on any atom is -0.379 e. The Bertz CT molecular complexity index is 898. The number of ether oxygens (including phenoxy) is 1. The van der Waals surface area contributed by atoms with Gasteiger partial charge in [-0.1, -0.05) is 0 Å². The van der Waals surface area contributed by atoms with E-state index in [9.17, 15) is 14.4 Å². The fourth-order valence-corrected chi connectivity index (χ4v) is 2.87. The first kappa shape index (κ1) is 17.3. The summed E-state index contributed by atoms with van der Waals surface area (Å²) in [5.74, 6) is -0.338. The van der Waals surface area contributed by atoms with Gasteiger partial charge >= 0.3 is 5.69 Å². The highest BCUT2D eigenvalue weighted by molar-refractivity contribution is 5.94. The predicted molar refractivity (Wildman–Crippen MR) is 91.8 cm³/mol. The molecule has 2 aromatic rings. The Morgan fingerprint density at radius 1 is 1.36 bits per heavy atom. The number of aromatic amines is 1. The van der Waals surface area contributed by atoms with Crippen molar-refractivity contribution in [1.82, 2.24) is 24.8 Å². The van der Waals surface area contributed by atoms with Crippen LogP contribution in [0.5, 0.6) is 0 Å². The second-order valence-electron chi connectivity index (χ2n) is 6.17. The minimum atomic E-state index is -0.566. The third-order valence-corrected chi connectivity index (χ3v) is 4.21. The quantitative estimate of drug-likeness (QED) is 0.740. The number of carbonyl (C=O) groups is 1. The Balaban J connectivity index is 1.76. The van der Waals surface area contributed by atoms with Crippen molar-refractivity contribution in [3.05, 3.63) is 38.7 Å². The van der Waals surface area contributed by atoms with Crippen LogP contribution in [0.2, 0.25) is 0 Å². The lowest BCUT2D eigenvalue weighted by molar-refractivity contribution is 0.0342. The molecule has 0 saturated carbocycles. The highest BCUT2D eigenvalue weighted by atomic mass is 16.5. The predicted octanol–water partition coefficient (Wildman–Crippen LogP) is -0.928. The standard InChI is InChI=1S/C16H21N5O4/c1-10(9-21-5-7-25-8-6-21)17-15(23)12-4-3-11-13(18-12)20(2)16(24)19-14(11)22/h3-4,10H,5-9H2,1-2H3,(H,17,23)(H,19,22,24)/t10-/m0/s1. The molecule has 0 aliphatic carbocycles. The number of nitrogens with zero attached hydrogens (tertiary/aromatic N) is 3. The van der Waals surface area contributed by atoms with Crippen molar-refractivity contribution < 1.29 is 9.53 Å². The summed E-state index contributed by atoms with van der Waals surface area (Å²) in [7, 11) is 1.50. The number of aryl methyl sites for hydroxylation is 1. The van der Waals surface area contributed by atoms with Crippen LogP contribution in [0.3, 0.4) is 0 Å². The van der Waals surface area contributed by atoms with E-state index < -0.39 is 11.2 Å². The van der Waals surface area contributed by atoms with Crippen LogP contribution in [0.1, 0.15) is 17.4 Å². The lowest BCUT2D eigenvalue weighted by Gasteiger charge is -2.29. The minimum absolute atomic E-state index is 0.0638. The van der Waals surface area contributed by atoms with E-state index in [1.54, 1.807) is 0 Å². The average molecular weight is 347 g/mol. The largest absolute Gasteiger partial charge is 0.379 e. The van der Waals surface area contributed by atoms with Crippen LogP contribution in [-0.4, -0.2) is 64.2 Å². The molecule has 1 saturated heterocycles. The molecule has 9 heteroatoms. The molecule has 1 atom stereocenters. The van der Waals surface area contributed by atoms with E-state index in [1.165, 1.54) is 23.7 Å². The number of morpholine rings is 1. The molecule has 0 bridgehead atoms. The summed E-state index contributed by atoms with van der Waals surface area (Å²) in [6.07, 6.45) is 0. The molecule has 3 rings (SSSR count). The van der Waals surface area contributed by atoms with Crippen molar-refractivity contribution in [2.24, 2.45) is 7.05 Å². The van der Waals surface area contributed by atoms with Crippen molar-refractivity contribution in [3.63, 3.8) is 0 Å². The Morgan fingerprint density at radius 3 is 2.80 bits per heavy atom. The molecule has 2 aromatic heterocycles. The molecule has 134 valence electrons. The number of hydrogen-bond acceptors (Lipinski definition) is 6. The van der Waals surface area contributed by atoms with Crippen molar-refractivity contribution in [2.45, 2.75) is 13.0 Å². The third-order valence-electron chi connectivity index (χ3n) is 4.21. The molecule has 3 heterocycles. The van der Waals surface area contributed by atoms with Crippen LogP contribution in [0.4, 0.5) is 0 Å². The van der Waals surface area contributed by atoms with Crippen molar-refractivity contribution in [2.75, 3.05) is 32.8 Å². The van der Waals surface area contributed by atoms with Gasteiger partial charge in [0, 0.05) is 32.7 Å². The molecule has 0 spiro atoms. The van der Waals surface area contributed by atoms with E-state index >= 15 is 0 Å². The zero-order chi connectivity index (χ0) is 18.0. The number of aromatic nitrogens is 3. The van der Waals surface area contributed by atoms with Gasteiger partial charge in [0.1, 0.15) is 11.3 Å². The SMILES string of the molecule is C[C@@H](CN1CCOCC1)NC(=O)c1ccc2c(=O)[nH]c(=O)n(C)c2n1. The van der Waals surface area contributed by atoms with Gasteiger partial charge in [0.15, 0.2) is 0 Å². The van der Waals surface area contributed by atoms with E-state index in [0.717, 1.165) is 19.6 Å². The topological polar surface area (TPSA) is 109 Å². The number of amides is 1. The molecule has 1 aliphatic rings. The Morgan fingerprint density at radius 2 is 2.08 bits per heavy atom. The molecule has 1 aliphatic heterocycles. The molecule has 1 amide bonds. The number of rotatable bonds is 4. The number of carbonyl (C=O) groups excluding carboxylic acids is 1. The van der Waals surface area contributed by atoms with Crippen LogP contribution in [0, 0.1) is 0 Å². The molecular formula is C16H21N5O4. The van der Waals surface area contributed by atoms with E-state index in [4.69, 9.17) is 4.74 Å². The normalized spacial score (nSPS) is 16.7.